The third-order valence-electron chi connectivity index (χ3n) is 4.26. The number of rotatable bonds is 5. The number of hydrogen-bond donors (Lipinski definition) is 1. The third kappa shape index (κ3) is 4.89. The molecular weight excluding hydrogens is 455 g/mol. The van der Waals surface area contributed by atoms with Gasteiger partial charge in [0.15, 0.2) is 3.83 Å². The Bertz CT molecular complexity index is 899. The summed E-state index contributed by atoms with van der Waals surface area (Å²) in [5.41, 5.74) is 2.41. The first-order chi connectivity index (χ1) is 13.3. The molecule has 27 heavy (non-hydrogen) atoms. The largest absolute Gasteiger partial charge is 0.378 e. The van der Waals surface area contributed by atoms with E-state index >= 15 is 0 Å². The third-order valence-corrected chi connectivity index (χ3v) is 4.78. The van der Waals surface area contributed by atoms with Gasteiger partial charge in [-0.15, -0.1) is 0 Å². The summed E-state index contributed by atoms with van der Waals surface area (Å²) in [6.45, 7) is 3.47. The molecule has 0 unspecified atom stereocenters. The van der Waals surface area contributed by atoms with Crippen LogP contribution in [0.15, 0.2) is 48.8 Å². The van der Waals surface area contributed by atoms with Crippen LogP contribution in [0, 0.1) is 3.83 Å². The Morgan fingerprint density at radius 1 is 0.926 bits per heavy atom. The highest BCUT2D eigenvalue weighted by atomic mass is 127. The smallest absolute Gasteiger partial charge is 0.192 e. The molecule has 2 aromatic heterocycles. The number of anilines is 3. The lowest BCUT2D eigenvalue weighted by molar-refractivity contribution is 0.122. The summed E-state index contributed by atoms with van der Waals surface area (Å²) in [4.78, 5) is 19.7. The van der Waals surface area contributed by atoms with Crippen molar-refractivity contribution in [2.75, 3.05) is 36.5 Å². The second-order valence-corrected chi connectivity index (χ2v) is 7.10. The number of halogens is 1. The van der Waals surface area contributed by atoms with Gasteiger partial charge in [-0.25, -0.2) is 19.9 Å². The molecule has 0 amide bonds. The van der Waals surface area contributed by atoms with E-state index in [-0.39, 0.29) is 0 Å². The van der Waals surface area contributed by atoms with Gasteiger partial charge in [0.25, 0.3) is 0 Å². The Hall–Kier alpha value is -2.33. The van der Waals surface area contributed by atoms with Gasteiger partial charge in [-0.05, 0) is 29.8 Å². The van der Waals surface area contributed by atoms with Crippen LogP contribution in [0.2, 0.25) is 0 Å². The molecule has 0 aliphatic carbocycles. The number of morpholine rings is 1. The van der Waals surface area contributed by atoms with E-state index in [1.54, 1.807) is 12.4 Å². The molecule has 3 heterocycles. The fourth-order valence-electron chi connectivity index (χ4n) is 2.92. The average molecular weight is 474 g/mol. The maximum absolute atomic E-state index is 5.41. The van der Waals surface area contributed by atoms with E-state index in [2.05, 4.69) is 77.0 Å². The van der Waals surface area contributed by atoms with Crippen molar-refractivity contribution in [2.24, 2.45) is 0 Å². The van der Waals surface area contributed by atoms with Gasteiger partial charge in [-0.3, -0.25) is 0 Å². The topological polar surface area (TPSA) is 76.1 Å². The van der Waals surface area contributed by atoms with Crippen molar-refractivity contribution < 1.29 is 4.74 Å². The minimum Gasteiger partial charge on any atom is -0.378 e. The lowest BCUT2D eigenvalue weighted by Crippen LogP contribution is -2.36. The van der Waals surface area contributed by atoms with Crippen LogP contribution in [-0.2, 0) is 11.2 Å². The monoisotopic (exact) mass is 474 g/mol. The minimum absolute atomic E-state index is 0.681. The molecule has 8 heteroatoms. The molecule has 0 bridgehead atoms. The second kappa shape index (κ2) is 8.57. The molecule has 1 aliphatic heterocycles. The fourth-order valence-corrected chi connectivity index (χ4v) is 3.34. The molecule has 4 rings (SSSR count). The zero-order valence-electron chi connectivity index (χ0n) is 14.7. The van der Waals surface area contributed by atoms with Gasteiger partial charge < -0.3 is 15.0 Å². The SMILES string of the molecule is Ic1nccc(Nc2ccnc(Cc3ccc(N4CCOCC4)cc3)n2)n1. The Balaban J connectivity index is 1.43. The second-order valence-electron chi connectivity index (χ2n) is 6.14. The van der Waals surface area contributed by atoms with Crippen LogP contribution in [-0.4, -0.2) is 46.2 Å². The number of ether oxygens (including phenoxy) is 1. The maximum atomic E-state index is 5.41. The van der Waals surface area contributed by atoms with Gasteiger partial charge in [-0.1, -0.05) is 12.1 Å². The molecule has 1 N–H and O–H groups in total. The van der Waals surface area contributed by atoms with Crippen LogP contribution in [0.4, 0.5) is 17.3 Å². The molecule has 138 valence electrons. The minimum atomic E-state index is 0.681. The van der Waals surface area contributed by atoms with Gasteiger partial charge in [-0.2, -0.15) is 0 Å². The number of nitrogens with zero attached hydrogens (tertiary/aromatic N) is 5. The molecule has 0 spiro atoms. The molecule has 7 nitrogen and oxygen atoms in total. The van der Waals surface area contributed by atoms with E-state index in [0.717, 1.165) is 37.9 Å². The number of hydrogen-bond acceptors (Lipinski definition) is 7. The van der Waals surface area contributed by atoms with E-state index in [1.807, 2.05) is 12.1 Å². The van der Waals surface area contributed by atoms with Crippen LogP contribution in [0.25, 0.3) is 0 Å². The highest BCUT2D eigenvalue weighted by molar-refractivity contribution is 14.1. The predicted molar refractivity (Wildman–Crippen MR) is 112 cm³/mol. The van der Waals surface area contributed by atoms with E-state index in [4.69, 9.17) is 4.74 Å². The Morgan fingerprint density at radius 3 is 2.37 bits per heavy atom. The Labute approximate surface area is 171 Å². The number of aromatic nitrogens is 4. The summed E-state index contributed by atoms with van der Waals surface area (Å²) in [5, 5.41) is 3.20. The van der Waals surface area contributed by atoms with Crippen molar-refractivity contribution in [1.29, 1.82) is 0 Å². The molecule has 0 radical (unpaired) electrons. The summed E-state index contributed by atoms with van der Waals surface area (Å²) in [5.74, 6) is 2.20. The molecule has 1 fully saturated rings. The van der Waals surface area contributed by atoms with Crippen LogP contribution < -0.4 is 10.2 Å². The summed E-state index contributed by atoms with van der Waals surface area (Å²) < 4.78 is 6.10. The van der Waals surface area contributed by atoms with Gasteiger partial charge in [0.1, 0.15) is 17.5 Å². The van der Waals surface area contributed by atoms with Crippen LogP contribution in [0.5, 0.6) is 0 Å². The van der Waals surface area contributed by atoms with Gasteiger partial charge >= 0.3 is 0 Å². The highest BCUT2D eigenvalue weighted by Gasteiger charge is 2.11. The van der Waals surface area contributed by atoms with Crippen molar-refractivity contribution >= 4 is 39.9 Å². The molecule has 0 saturated carbocycles. The molecule has 3 aromatic rings. The van der Waals surface area contributed by atoms with Crippen LogP contribution in [0.1, 0.15) is 11.4 Å². The standard InChI is InChI=1S/C19H19IN6O/c20-19-22-8-6-17(25-19)23-16-5-7-21-18(24-16)13-14-1-3-15(4-2-14)26-9-11-27-12-10-26/h1-8H,9-13H2,(H,21,22,23,24,25). The van der Waals surface area contributed by atoms with E-state index in [1.165, 1.54) is 11.3 Å². The fraction of sp³-hybridized carbons (Fsp3) is 0.263. The Kier molecular flexibility index (Phi) is 5.73. The first-order valence-corrected chi connectivity index (χ1v) is 9.83. The highest BCUT2D eigenvalue weighted by Crippen LogP contribution is 2.18. The molecule has 1 aromatic carbocycles. The lowest BCUT2D eigenvalue weighted by Gasteiger charge is -2.28. The van der Waals surface area contributed by atoms with Crippen molar-refractivity contribution in [3.8, 4) is 0 Å². The van der Waals surface area contributed by atoms with Crippen molar-refractivity contribution in [3.05, 3.63) is 64.0 Å². The van der Waals surface area contributed by atoms with Crippen molar-refractivity contribution in [1.82, 2.24) is 19.9 Å². The van der Waals surface area contributed by atoms with E-state index < -0.39 is 0 Å². The summed E-state index contributed by atoms with van der Waals surface area (Å²) in [6, 6.07) is 12.2. The Morgan fingerprint density at radius 2 is 1.63 bits per heavy atom. The average Bonchev–Trinajstić information content (AvgIpc) is 2.70. The van der Waals surface area contributed by atoms with Crippen LogP contribution >= 0.6 is 22.6 Å². The summed E-state index contributed by atoms with van der Waals surface area (Å²) in [7, 11) is 0. The summed E-state index contributed by atoms with van der Waals surface area (Å²) >= 11 is 2.08. The quantitative estimate of drug-likeness (QED) is 0.450. The molecule has 1 saturated heterocycles. The van der Waals surface area contributed by atoms with Gasteiger partial charge in [0.2, 0.25) is 0 Å². The van der Waals surface area contributed by atoms with E-state index in [0.29, 0.717) is 16.1 Å². The summed E-state index contributed by atoms with van der Waals surface area (Å²) in [6.07, 6.45) is 4.16. The first kappa shape index (κ1) is 18.1. The van der Waals surface area contributed by atoms with Gasteiger partial charge in [0.05, 0.1) is 13.2 Å². The maximum Gasteiger partial charge on any atom is 0.192 e. The number of benzene rings is 1. The first-order valence-electron chi connectivity index (χ1n) is 8.75. The van der Waals surface area contributed by atoms with Crippen LogP contribution in [0.3, 0.4) is 0 Å². The molecule has 0 atom stereocenters. The zero-order chi connectivity index (χ0) is 18.5. The van der Waals surface area contributed by atoms with Crippen molar-refractivity contribution in [2.45, 2.75) is 6.42 Å². The normalized spacial score (nSPS) is 14.2. The zero-order valence-corrected chi connectivity index (χ0v) is 16.8. The van der Waals surface area contributed by atoms with E-state index in [9.17, 15) is 0 Å². The molecular formula is C19H19IN6O. The van der Waals surface area contributed by atoms with Crippen molar-refractivity contribution in [3.63, 3.8) is 0 Å². The number of nitrogens with one attached hydrogen (secondary N) is 1. The lowest BCUT2D eigenvalue weighted by atomic mass is 10.1. The van der Waals surface area contributed by atoms with Gasteiger partial charge in [0, 0.05) is 60.2 Å². The molecule has 1 aliphatic rings. The predicted octanol–water partition coefficient (Wildman–Crippen LogP) is 3.04.